The Kier molecular flexibility index (Phi) is 4.93. The fraction of sp³-hybridized carbons (Fsp3) is 0.263. The van der Waals surface area contributed by atoms with E-state index in [-0.39, 0.29) is 12.3 Å². The highest BCUT2D eigenvalue weighted by Gasteiger charge is 2.39. The third kappa shape index (κ3) is 3.56. The minimum atomic E-state index is -0.605. The lowest BCUT2D eigenvalue weighted by Crippen LogP contribution is -2.42. The van der Waals surface area contributed by atoms with Gasteiger partial charge in [-0.1, -0.05) is 43.0 Å². The van der Waals surface area contributed by atoms with Crippen molar-refractivity contribution in [1.29, 1.82) is 0 Å². The lowest BCUT2D eigenvalue weighted by Gasteiger charge is -2.33. The molecule has 126 valence electrons. The van der Waals surface area contributed by atoms with E-state index in [0.717, 1.165) is 29.0 Å². The summed E-state index contributed by atoms with van der Waals surface area (Å²) < 4.78 is 9.96. The van der Waals surface area contributed by atoms with Gasteiger partial charge < -0.3 is 9.47 Å². The average Bonchev–Trinajstić information content (AvgIpc) is 2.94. The molecule has 0 radical (unpaired) electrons. The molecular formula is C19H21NO4. The predicted molar refractivity (Wildman–Crippen MR) is 91.7 cm³/mol. The summed E-state index contributed by atoms with van der Waals surface area (Å²) in [6.07, 6.45) is 1.70. The minimum Gasteiger partial charge on any atom is -0.428 e. The second-order valence-corrected chi connectivity index (χ2v) is 6.10. The number of allylic oxidation sites excluding steroid dienone is 1. The van der Waals surface area contributed by atoms with Crippen molar-refractivity contribution >= 4 is 17.6 Å². The number of esters is 1. The molecule has 0 aliphatic carbocycles. The van der Waals surface area contributed by atoms with Gasteiger partial charge in [-0.25, -0.2) is 9.59 Å². The van der Waals surface area contributed by atoms with Crippen molar-refractivity contribution in [2.24, 2.45) is 0 Å². The van der Waals surface area contributed by atoms with Gasteiger partial charge in [0.1, 0.15) is 6.26 Å². The number of benzene rings is 1. The van der Waals surface area contributed by atoms with Gasteiger partial charge in [-0.3, -0.25) is 4.90 Å². The molecule has 1 saturated heterocycles. The molecule has 1 aromatic carbocycles. The van der Waals surface area contributed by atoms with E-state index >= 15 is 0 Å². The number of ether oxygens (including phenoxy) is 2. The Labute approximate surface area is 141 Å². The third-order valence-electron chi connectivity index (χ3n) is 3.98. The van der Waals surface area contributed by atoms with Crippen LogP contribution in [0.3, 0.4) is 0 Å². The van der Waals surface area contributed by atoms with Crippen LogP contribution in [0.15, 0.2) is 55.5 Å². The molecule has 1 aromatic rings. The molecule has 1 aliphatic heterocycles. The molecule has 1 aliphatic rings. The van der Waals surface area contributed by atoms with Gasteiger partial charge in [0, 0.05) is 6.08 Å². The monoisotopic (exact) mass is 327 g/mol. The highest BCUT2D eigenvalue weighted by atomic mass is 16.6. The maximum atomic E-state index is 12.2. The van der Waals surface area contributed by atoms with E-state index < -0.39 is 17.6 Å². The first-order valence-corrected chi connectivity index (χ1v) is 7.53. The first-order valence-electron chi connectivity index (χ1n) is 7.53. The zero-order valence-corrected chi connectivity index (χ0v) is 14.2. The van der Waals surface area contributed by atoms with Crippen molar-refractivity contribution < 1.29 is 19.1 Å². The summed E-state index contributed by atoms with van der Waals surface area (Å²) in [5.41, 5.74) is 2.42. The quantitative estimate of drug-likeness (QED) is 0.466. The lowest BCUT2D eigenvalue weighted by atomic mass is 9.91. The molecule has 0 spiro atoms. The molecule has 1 heterocycles. The van der Waals surface area contributed by atoms with Gasteiger partial charge in [0.05, 0.1) is 12.1 Å². The number of carbonyl (C=O) groups is 2. The summed E-state index contributed by atoms with van der Waals surface area (Å²) in [4.78, 5) is 24.9. The average molecular weight is 327 g/mol. The normalized spacial score (nSPS) is 16.0. The number of hydrogen-bond donors (Lipinski definition) is 0. The van der Waals surface area contributed by atoms with E-state index in [1.54, 1.807) is 4.90 Å². The van der Waals surface area contributed by atoms with Gasteiger partial charge >= 0.3 is 12.1 Å². The summed E-state index contributed by atoms with van der Waals surface area (Å²) >= 11 is 0. The highest BCUT2D eigenvalue weighted by molar-refractivity contribution is 5.81. The van der Waals surface area contributed by atoms with E-state index in [9.17, 15) is 9.59 Å². The molecule has 0 aromatic heterocycles. The van der Waals surface area contributed by atoms with Crippen LogP contribution in [0, 0.1) is 0 Å². The molecule has 1 amide bonds. The Morgan fingerprint density at radius 3 is 2.50 bits per heavy atom. The molecule has 5 heteroatoms. The Hall–Kier alpha value is -2.82. The topological polar surface area (TPSA) is 55.8 Å². The largest absolute Gasteiger partial charge is 0.428 e. The lowest BCUT2D eigenvalue weighted by molar-refractivity contribution is -0.132. The fourth-order valence-electron chi connectivity index (χ4n) is 2.40. The van der Waals surface area contributed by atoms with Crippen LogP contribution in [0.5, 0.6) is 0 Å². The summed E-state index contributed by atoms with van der Waals surface area (Å²) in [6, 6.07) is 7.89. The van der Waals surface area contributed by atoms with Crippen LogP contribution < -0.4 is 0 Å². The number of carbonyl (C=O) groups excluding carboxylic acids is 2. The molecule has 0 N–H and O–H groups in total. The van der Waals surface area contributed by atoms with Crippen molar-refractivity contribution in [2.75, 3.05) is 6.54 Å². The Morgan fingerprint density at radius 1 is 1.33 bits per heavy atom. The van der Waals surface area contributed by atoms with E-state index in [1.807, 2.05) is 45.0 Å². The van der Waals surface area contributed by atoms with Gasteiger partial charge in [0.15, 0.2) is 5.76 Å². The Morgan fingerprint density at radius 2 is 1.96 bits per heavy atom. The molecule has 5 nitrogen and oxygen atoms in total. The predicted octanol–water partition coefficient (Wildman–Crippen LogP) is 3.98. The van der Waals surface area contributed by atoms with Crippen LogP contribution in [-0.2, 0) is 19.8 Å². The van der Waals surface area contributed by atoms with Crippen molar-refractivity contribution in [2.45, 2.75) is 26.3 Å². The number of hydrogen-bond acceptors (Lipinski definition) is 4. The summed E-state index contributed by atoms with van der Waals surface area (Å²) in [5.74, 6) is -0.325. The Balaban J connectivity index is 2.19. The molecule has 0 saturated carbocycles. The molecule has 0 bridgehead atoms. The second-order valence-electron chi connectivity index (χ2n) is 6.10. The van der Waals surface area contributed by atoms with Crippen molar-refractivity contribution in [3.8, 4) is 0 Å². The smallest absolute Gasteiger partial charge is 0.416 e. The molecular weight excluding hydrogens is 306 g/mol. The SMILES string of the molecule is C=CC(=O)OC=C1CN(C(C)(C)c2ccc(C(=C)C)cc2)C(=O)O1. The van der Waals surface area contributed by atoms with Crippen molar-refractivity contribution in [3.63, 3.8) is 0 Å². The van der Waals surface area contributed by atoms with Gasteiger partial charge in [-0.2, -0.15) is 0 Å². The van der Waals surface area contributed by atoms with E-state index in [1.165, 1.54) is 0 Å². The number of amides is 1. The highest BCUT2D eigenvalue weighted by Crippen LogP contribution is 2.33. The van der Waals surface area contributed by atoms with E-state index in [2.05, 4.69) is 13.2 Å². The van der Waals surface area contributed by atoms with Crippen molar-refractivity contribution in [3.05, 3.63) is 66.6 Å². The summed E-state index contributed by atoms with van der Waals surface area (Å²) in [5, 5.41) is 0. The van der Waals surface area contributed by atoms with Crippen LogP contribution in [-0.4, -0.2) is 23.5 Å². The van der Waals surface area contributed by atoms with Crippen LogP contribution in [0.25, 0.3) is 5.57 Å². The summed E-state index contributed by atoms with van der Waals surface area (Å²) in [6.45, 7) is 13.3. The Bertz CT molecular complexity index is 713. The first-order chi connectivity index (χ1) is 11.3. The van der Waals surface area contributed by atoms with Gasteiger partial charge in [0.2, 0.25) is 0 Å². The summed E-state index contributed by atoms with van der Waals surface area (Å²) in [7, 11) is 0. The molecule has 1 fully saturated rings. The molecule has 0 unspecified atom stereocenters. The van der Waals surface area contributed by atoms with E-state index in [4.69, 9.17) is 9.47 Å². The number of rotatable bonds is 5. The third-order valence-corrected chi connectivity index (χ3v) is 3.98. The van der Waals surface area contributed by atoms with E-state index in [0.29, 0.717) is 0 Å². The number of cyclic esters (lactones) is 1. The molecule has 2 rings (SSSR count). The minimum absolute atomic E-state index is 0.221. The van der Waals surface area contributed by atoms with Crippen LogP contribution >= 0.6 is 0 Å². The zero-order chi connectivity index (χ0) is 17.9. The van der Waals surface area contributed by atoms with Crippen LogP contribution in [0.1, 0.15) is 31.9 Å². The number of nitrogens with zero attached hydrogens (tertiary/aromatic N) is 1. The van der Waals surface area contributed by atoms with Crippen LogP contribution in [0.2, 0.25) is 0 Å². The maximum absolute atomic E-state index is 12.2. The zero-order valence-electron chi connectivity index (χ0n) is 14.2. The van der Waals surface area contributed by atoms with Crippen LogP contribution in [0.4, 0.5) is 4.79 Å². The van der Waals surface area contributed by atoms with Crippen molar-refractivity contribution in [1.82, 2.24) is 4.90 Å². The van der Waals surface area contributed by atoms with Gasteiger partial charge in [-0.15, -0.1) is 0 Å². The second kappa shape index (κ2) is 6.74. The fourth-order valence-corrected chi connectivity index (χ4v) is 2.40. The standard InChI is InChI=1S/C19H21NO4/c1-6-17(21)23-12-16-11-20(18(22)24-16)19(4,5)15-9-7-14(8-10-15)13(2)3/h6-10,12H,1-2,11H2,3-5H3. The molecule has 24 heavy (non-hydrogen) atoms. The maximum Gasteiger partial charge on any atom is 0.416 e. The van der Waals surface area contributed by atoms with Gasteiger partial charge in [-0.05, 0) is 31.9 Å². The van der Waals surface area contributed by atoms with Gasteiger partial charge in [0.25, 0.3) is 0 Å². The first kappa shape index (κ1) is 17.5. The molecule has 0 atom stereocenters.